The third-order valence-corrected chi connectivity index (χ3v) is 21.1. The fraction of sp³-hybridized carbons (Fsp3) is 0.359. The number of aliphatic hydroxyl groups excluding tert-OH is 6. The van der Waals surface area contributed by atoms with Gasteiger partial charge in [0.15, 0.2) is 12.6 Å². The molecule has 0 aliphatic rings. The molecule has 0 spiro atoms. The van der Waals surface area contributed by atoms with Gasteiger partial charge in [-0.15, -0.1) is 87.9 Å². The minimum Gasteiger partial charge on any atom is -0.393 e. The maximum absolute atomic E-state index is 9.76. The molecule has 6 atom stereocenters. The Morgan fingerprint density at radius 1 is 0.308 bits per heavy atom. The van der Waals surface area contributed by atoms with Crippen molar-refractivity contribution in [2.75, 3.05) is 14.2 Å². The number of hydrogen-bond donors (Lipinski definition) is 6. The van der Waals surface area contributed by atoms with E-state index >= 15 is 0 Å². The van der Waals surface area contributed by atoms with E-state index in [2.05, 4.69) is 238 Å². The summed E-state index contributed by atoms with van der Waals surface area (Å²) in [4.78, 5) is 29.7. The molecule has 0 amide bonds. The van der Waals surface area contributed by atoms with E-state index in [9.17, 15) is 10.2 Å². The number of ether oxygens (including phenoxy) is 2. The van der Waals surface area contributed by atoms with Crippen molar-refractivity contribution in [2.45, 2.75) is 216 Å². The molecule has 6 N–H and O–H groups in total. The topological polar surface area (TPSA) is 217 Å². The molecule has 3 aromatic heterocycles. The fourth-order valence-electron chi connectivity index (χ4n) is 13.6. The molecule has 0 aliphatic carbocycles. The maximum Gasteiger partial charge on any atom is 0.158 e. The van der Waals surface area contributed by atoms with Crippen molar-refractivity contribution in [3.05, 3.63) is 253 Å². The second kappa shape index (κ2) is 41.8. The molecule has 3 heterocycles. The van der Waals surface area contributed by atoms with Crippen LogP contribution in [0.25, 0.3) is 132 Å². The van der Waals surface area contributed by atoms with Crippen LogP contribution in [0.1, 0.15) is 180 Å². The summed E-state index contributed by atoms with van der Waals surface area (Å²) in [6, 6.07) is 78.2. The van der Waals surface area contributed by atoms with Gasteiger partial charge >= 0.3 is 0 Å². The van der Waals surface area contributed by atoms with Crippen molar-refractivity contribution in [3.63, 3.8) is 0 Å². The SMILES string of the molecule is CC(C)(C)C(O)CC(O)C(C)(C)C.CC(C)(C)c1c[c-]c2c(c1)c1cc(C(C)(C)C)ccc1c1nc(-c3ccccc3)cnc21.CC(C)(C)c1c[c-]c2c(c1)c1cc(C(C)(C)C)ccc1c1nc(-c3ccccc3)cnc21.CC(O)CC(C)O.COC(O)CC(O)OC.[Ir].[Ir].[Ir].[c-]1cccc2c1c1ncc(-c3ccccc3)nc1c1ccccc21. The van der Waals surface area contributed by atoms with Gasteiger partial charge in [-0.1, -0.05) is 309 Å². The molecular weight excluding hydrogens is 2030 g/mol. The third kappa shape index (κ3) is 24.9. The largest absolute Gasteiger partial charge is 0.393 e. The summed E-state index contributed by atoms with van der Waals surface area (Å²) in [5, 5.41) is 67.8. The molecule has 3 radical (unpaired) electrons. The number of methoxy groups -OCH3 is 2. The Labute approximate surface area is 750 Å². The minimum atomic E-state index is -0.944. The average molecular weight is 2150 g/mol. The predicted molar refractivity (Wildman–Crippen MR) is 485 cm³/mol. The van der Waals surface area contributed by atoms with Gasteiger partial charge in [-0.05, 0) is 80.0 Å². The molecule has 120 heavy (non-hydrogen) atoms. The Kier molecular flexibility index (Phi) is 34.5. The number of aliphatic hydroxyl groups is 6. The van der Waals surface area contributed by atoms with Crippen LogP contribution in [-0.2, 0) is 91.4 Å². The zero-order valence-corrected chi connectivity index (χ0v) is 80.7. The molecule has 0 saturated carbocycles. The van der Waals surface area contributed by atoms with Gasteiger partial charge in [0, 0.05) is 139 Å². The Morgan fingerprint density at radius 2 is 0.608 bits per heavy atom. The van der Waals surface area contributed by atoms with Gasteiger partial charge in [-0.25, -0.2) is 0 Å². The summed E-state index contributed by atoms with van der Waals surface area (Å²) in [6.45, 7) is 42.2. The second-order valence-electron chi connectivity index (χ2n) is 36.9. The van der Waals surface area contributed by atoms with Crippen molar-refractivity contribution >= 4 is 97.7 Å². The van der Waals surface area contributed by atoms with Gasteiger partial charge in [0.1, 0.15) is 0 Å². The smallest absolute Gasteiger partial charge is 0.158 e. The van der Waals surface area contributed by atoms with E-state index in [1.807, 2.05) is 127 Å². The molecule has 0 fully saturated rings. The molecule has 6 unspecified atom stereocenters. The number of nitrogens with zero attached hydrogens (tertiary/aromatic N) is 6. The van der Waals surface area contributed by atoms with Crippen molar-refractivity contribution in [2.24, 2.45) is 10.8 Å². The zero-order chi connectivity index (χ0) is 85.3. The van der Waals surface area contributed by atoms with Crippen LogP contribution in [-0.4, -0.2) is 112 Å². The summed E-state index contributed by atoms with van der Waals surface area (Å²) >= 11 is 0. The van der Waals surface area contributed by atoms with Crippen molar-refractivity contribution < 1.29 is 100 Å². The van der Waals surface area contributed by atoms with Gasteiger partial charge in [-0.2, -0.15) is 0 Å². The van der Waals surface area contributed by atoms with Crippen LogP contribution >= 0.6 is 0 Å². The van der Waals surface area contributed by atoms with Crippen LogP contribution in [0.2, 0.25) is 0 Å². The average Bonchev–Trinajstić information content (AvgIpc) is 0.739. The van der Waals surface area contributed by atoms with Gasteiger partial charge in [0.25, 0.3) is 0 Å². The molecule has 17 heteroatoms. The quantitative estimate of drug-likeness (QED) is 0.0404. The summed E-state index contributed by atoms with van der Waals surface area (Å²) < 4.78 is 8.88. The van der Waals surface area contributed by atoms with E-state index in [0.717, 1.165) is 99.2 Å². The van der Waals surface area contributed by atoms with Crippen LogP contribution < -0.4 is 0 Å². The van der Waals surface area contributed by atoms with E-state index in [-0.39, 0.29) is 111 Å². The standard InChI is InChI=1S/2C30H29N2.C22H13N2.C11H24O2.C5H12O4.C5H12O2.3Ir/c2*1-29(2,3)20-12-14-22-24(16-20)25-17-21(30(4,5)6)13-15-23(25)28-27(22)31-18-26(32-28)19-10-8-7-9-11-19;1-2-8-15(9-3-1)20-14-23-21-18-12-6-4-10-16(18)17-11-5-7-13-19(17)22(21)24-20;1-10(2,3)8(12)7-9(13)11(4,5)6;1-8-4(6)3-5(7)9-2;1-4(6)3-5(2)7;;;/h2*7-13,15-18H,1-6H3;1-11,13-14H;8-9,12-13H,7H2,1-6H3;4-7H,3H2,1-2H3;4-7H,3H2,1-2H3;;;/q3*-1;;;;;;. The molecule has 639 valence electrons. The Balaban J connectivity index is 0.000000212. The van der Waals surface area contributed by atoms with E-state index in [1.165, 1.54) is 68.8 Å². The van der Waals surface area contributed by atoms with Crippen LogP contribution in [0.15, 0.2) is 213 Å². The van der Waals surface area contributed by atoms with Gasteiger partial charge in [0.2, 0.25) is 0 Å². The second-order valence-corrected chi connectivity index (χ2v) is 36.9. The molecule has 14 nitrogen and oxygen atoms in total. The molecule has 15 aromatic rings. The van der Waals surface area contributed by atoms with Crippen LogP contribution in [0.3, 0.4) is 0 Å². The summed E-state index contributed by atoms with van der Waals surface area (Å²) in [5.74, 6) is 0. The minimum absolute atomic E-state index is 0. The maximum atomic E-state index is 9.76. The normalized spacial score (nSPS) is 13.4. The van der Waals surface area contributed by atoms with Crippen LogP contribution in [0, 0.1) is 29.0 Å². The third-order valence-electron chi connectivity index (χ3n) is 21.1. The summed E-state index contributed by atoms with van der Waals surface area (Å²) in [5.41, 5.74) is 16.6. The van der Waals surface area contributed by atoms with Gasteiger partial charge in [-0.3, -0.25) is 15.0 Å². The molecule has 0 saturated heterocycles. The van der Waals surface area contributed by atoms with Crippen molar-refractivity contribution in [3.8, 4) is 33.8 Å². The predicted octanol–water partition coefficient (Wildman–Crippen LogP) is 23.0. The molecule has 12 aromatic carbocycles. The Hall–Kier alpha value is -8.15. The Morgan fingerprint density at radius 3 is 0.917 bits per heavy atom. The Bertz CT molecular complexity index is 5600. The number of fused-ring (bicyclic) bond motifs is 18. The van der Waals surface area contributed by atoms with E-state index in [1.54, 1.807) is 13.8 Å². The number of hydrogen-bond acceptors (Lipinski definition) is 14. The van der Waals surface area contributed by atoms with Gasteiger partial charge in [0.05, 0.1) is 58.0 Å². The zero-order valence-electron chi connectivity index (χ0n) is 73.5. The summed E-state index contributed by atoms with van der Waals surface area (Å²) in [6.07, 6.45) is 3.10. The molecular formula is C103H119Ir3N6O8-3. The van der Waals surface area contributed by atoms with Crippen molar-refractivity contribution in [1.29, 1.82) is 0 Å². The van der Waals surface area contributed by atoms with Crippen molar-refractivity contribution in [1.82, 2.24) is 29.9 Å². The first-order valence-electron chi connectivity index (χ1n) is 40.5. The molecule has 0 aliphatic heterocycles. The first-order chi connectivity index (χ1) is 55.0. The van der Waals surface area contributed by atoms with E-state index < -0.39 is 24.8 Å². The fourth-order valence-corrected chi connectivity index (χ4v) is 13.6. The first-order valence-corrected chi connectivity index (χ1v) is 40.5. The van der Waals surface area contributed by atoms with E-state index in [0.29, 0.717) is 12.8 Å². The van der Waals surface area contributed by atoms with Gasteiger partial charge < -0.3 is 55.1 Å². The van der Waals surface area contributed by atoms with E-state index in [4.69, 9.17) is 50.3 Å². The first kappa shape index (κ1) is 99.0. The van der Waals surface area contributed by atoms with Crippen LogP contribution in [0.4, 0.5) is 0 Å². The molecule has 15 rings (SSSR count). The van der Waals surface area contributed by atoms with Crippen LogP contribution in [0.5, 0.6) is 0 Å². The number of benzene rings is 12. The summed E-state index contributed by atoms with van der Waals surface area (Å²) in [7, 11) is 2.71. The number of aromatic nitrogens is 6. The molecule has 0 bridgehead atoms. The monoisotopic (exact) mass is 2150 g/mol. The number of rotatable bonds is 11.